The zero-order chi connectivity index (χ0) is 20.4. The Morgan fingerprint density at radius 2 is 1.72 bits per heavy atom. The first kappa shape index (κ1) is 18.6. The van der Waals surface area contributed by atoms with Crippen LogP contribution in [0.5, 0.6) is 0 Å². The third-order valence-corrected chi connectivity index (χ3v) is 4.86. The number of halogens is 1. The van der Waals surface area contributed by atoms with Gasteiger partial charge in [0.05, 0.1) is 11.6 Å². The van der Waals surface area contributed by atoms with Crippen molar-refractivity contribution in [1.82, 2.24) is 9.88 Å². The zero-order valence-electron chi connectivity index (χ0n) is 15.3. The Morgan fingerprint density at radius 1 is 1.00 bits per heavy atom. The minimum atomic E-state index is -1.04. The van der Waals surface area contributed by atoms with E-state index in [0.29, 0.717) is 11.1 Å². The molecule has 1 saturated heterocycles. The van der Waals surface area contributed by atoms with Gasteiger partial charge >= 0.3 is 0 Å². The van der Waals surface area contributed by atoms with Gasteiger partial charge in [0.15, 0.2) is 0 Å². The standard InChI is InChI=1S/C23H17FN2O3/c24-18-11-5-4-10-17(18)20-19(21(27)16-8-2-1-3-9-16)22(28)23(29)26(20)14-15-7-6-12-25-13-15/h1-13,20,27H,14H2/b21-19+/t20-/m0/s1. The third kappa shape index (κ3) is 3.40. The number of aliphatic hydroxyl groups excluding tert-OH is 1. The second-order valence-corrected chi connectivity index (χ2v) is 6.68. The van der Waals surface area contributed by atoms with Crippen LogP contribution in [-0.2, 0) is 16.1 Å². The number of likely N-dealkylation sites (tertiary alicyclic amines) is 1. The summed E-state index contributed by atoms with van der Waals surface area (Å²) < 4.78 is 14.7. The van der Waals surface area contributed by atoms with Crippen LogP contribution in [0.3, 0.4) is 0 Å². The van der Waals surface area contributed by atoms with Gasteiger partial charge in [-0.15, -0.1) is 0 Å². The number of hydrogen-bond donors (Lipinski definition) is 1. The highest BCUT2D eigenvalue weighted by Gasteiger charge is 2.46. The Kier molecular flexibility index (Phi) is 4.91. The van der Waals surface area contributed by atoms with Crippen LogP contribution in [0.2, 0.25) is 0 Å². The van der Waals surface area contributed by atoms with Crippen molar-refractivity contribution in [3.63, 3.8) is 0 Å². The number of Topliss-reactive ketones (excluding diaryl/α,β-unsaturated/α-hetero) is 1. The molecular formula is C23H17FN2O3. The lowest BCUT2D eigenvalue weighted by Crippen LogP contribution is -2.29. The van der Waals surface area contributed by atoms with Crippen LogP contribution in [0.25, 0.3) is 5.76 Å². The highest BCUT2D eigenvalue weighted by Crippen LogP contribution is 2.40. The van der Waals surface area contributed by atoms with Crippen LogP contribution in [0.4, 0.5) is 4.39 Å². The second-order valence-electron chi connectivity index (χ2n) is 6.68. The van der Waals surface area contributed by atoms with Crippen molar-refractivity contribution in [1.29, 1.82) is 0 Å². The van der Waals surface area contributed by atoms with Gasteiger partial charge in [-0.05, 0) is 17.7 Å². The molecule has 6 heteroatoms. The van der Waals surface area contributed by atoms with Crippen molar-refractivity contribution >= 4 is 17.4 Å². The predicted molar refractivity (Wildman–Crippen MR) is 105 cm³/mol. The van der Waals surface area contributed by atoms with Crippen molar-refractivity contribution in [3.8, 4) is 0 Å². The zero-order valence-corrected chi connectivity index (χ0v) is 15.3. The highest BCUT2D eigenvalue weighted by molar-refractivity contribution is 6.46. The summed E-state index contributed by atoms with van der Waals surface area (Å²) in [6.07, 6.45) is 3.18. The number of amides is 1. The number of aromatic nitrogens is 1. The van der Waals surface area contributed by atoms with Crippen molar-refractivity contribution in [2.75, 3.05) is 0 Å². The monoisotopic (exact) mass is 388 g/mol. The molecule has 1 N–H and O–H groups in total. The molecule has 4 rings (SSSR count). The molecule has 1 atom stereocenters. The number of pyridine rings is 1. The number of aliphatic hydroxyl groups is 1. The lowest BCUT2D eigenvalue weighted by atomic mass is 9.95. The number of rotatable bonds is 4. The molecule has 0 spiro atoms. The van der Waals surface area contributed by atoms with E-state index in [9.17, 15) is 19.1 Å². The first-order valence-corrected chi connectivity index (χ1v) is 9.05. The number of benzene rings is 2. The fourth-order valence-corrected chi connectivity index (χ4v) is 3.50. The Morgan fingerprint density at radius 3 is 2.41 bits per heavy atom. The Hall–Kier alpha value is -3.80. The average Bonchev–Trinajstić information content (AvgIpc) is 3.00. The van der Waals surface area contributed by atoms with Crippen LogP contribution in [0.1, 0.15) is 22.7 Å². The van der Waals surface area contributed by atoms with E-state index in [-0.39, 0.29) is 23.4 Å². The molecule has 0 unspecified atom stereocenters. The fourth-order valence-electron chi connectivity index (χ4n) is 3.50. The largest absolute Gasteiger partial charge is 0.507 e. The Labute approximate surface area is 166 Å². The normalized spacial score (nSPS) is 18.2. The molecule has 1 aliphatic heterocycles. The van der Waals surface area contributed by atoms with Crippen molar-refractivity contribution in [2.45, 2.75) is 12.6 Å². The number of nitrogens with zero attached hydrogens (tertiary/aromatic N) is 2. The van der Waals surface area contributed by atoms with E-state index >= 15 is 0 Å². The van der Waals surface area contributed by atoms with Gasteiger partial charge in [0, 0.05) is 30.1 Å². The predicted octanol–water partition coefficient (Wildman–Crippen LogP) is 3.84. The molecule has 0 radical (unpaired) electrons. The number of hydrogen-bond acceptors (Lipinski definition) is 4. The molecular weight excluding hydrogens is 371 g/mol. The maximum Gasteiger partial charge on any atom is 0.295 e. The molecule has 1 amide bonds. The van der Waals surface area contributed by atoms with E-state index in [4.69, 9.17) is 0 Å². The summed E-state index contributed by atoms with van der Waals surface area (Å²) >= 11 is 0. The molecule has 5 nitrogen and oxygen atoms in total. The van der Waals surface area contributed by atoms with Crippen LogP contribution in [-0.4, -0.2) is 26.7 Å². The van der Waals surface area contributed by atoms with E-state index in [1.165, 1.54) is 23.1 Å². The lowest BCUT2D eigenvalue weighted by molar-refractivity contribution is -0.140. The molecule has 3 aromatic rings. The Bertz CT molecular complexity index is 1100. The van der Waals surface area contributed by atoms with E-state index in [0.717, 1.165) is 0 Å². The van der Waals surface area contributed by atoms with E-state index in [2.05, 4.69) is 4.98 Å². The summed E-state index contributed by atoms with van der Waals surface area (Å²) in [7, 11) is 0. The first-order valence-electron chi connectivity index (χ1n) is 9.05. The molecule has 1 aromatic heterocycles. The van der Waals surface area contributed by atoms with Gasteiger partial charge in [-0.25, -0.2) is 4.39 Å². The topological polar surface area (TPSA) is 70.5 Å². The van der Waals surface area contributed by atoms with Crippen LogP contribution >= 0.6 is 0 Å². The van der Waals surface area contributed by atoms with Crippen molar-refractivity contribution in [2.24, 2.45) is 0 Å². The minimum Gasteiger partial charge on any atom is -0.507 e. The summed E-state index contributed by atoms with van der Waals surface area (Å²) in [5, 5.41) is 10.9. The number of carbonyl (C=O) groups is 2. The van der Waals surface area contributed by atoms with E-state index in [1.807, 2.05) is 0 Å². The molecule has 1 aliphatic rings. The van der Waals surface area contributed by atoms with Crippen LogP contribution in [0.15, 0.2) is 84.7 Å². The average molecular weight is 388 g/mol. The van der Waals surface area contributed by atoms with Crippen molar-refractivity contribution < 1.29 is 19.1 Å². The van der Waals surface area contributed by atoms with Crippen LogP contribution < -0.4 is 0 Å². The summed E-state index contributed by atoms with van der Waals surface area (Å²) in [4.78, 5) is 31.0. The summed E-state index contributed by atoms with van der Waals surface area (Å²) in [5.74, 6) is -2.52. The lowest BCUT2D eigenvalue weighted by Gasteiger charge is -2.25. The maximum absolute atomic E-state index is 14.7. The quantitative estimate of drug-likeness (QED) is 0.419. The van der Waals surface area contributed by atoms with Crippen LogP contribution in [0, 0.1) is 5.82 Å². The molecule has 29 heavy (non-hydrogen) atoms. The SMILES string of the molecule is O=C1C(=O)N(Cc2cccnc2)[C@@H](c2ccccc2F)/C1=C(\O)c1ccccc1. The summed E-state index contributed by atoms with van der Waals surface area (Å²) in [6, 6.07) is 16.8. The van der Waals surface area contributed by atoms with Gasteiger partial charge in [-0.1, -0.05) is 54.6 Å². The second kappa shape index (κ2) is 7.67. The van der Waals surface area contributed by atoms with Gasteiger partial charge < -0.3 is 10.0 Å². The van der Waals surface area contributed by atoms with Crippen molar-refractivity contribution in [3.05, 3.63) is 107 Å². The van der Waals surface area contributed by atoms with E-state index in [1.54, 1.807) is 60.9 Å². The van der Waals surface area contributed by atoms with Gasteiger partial charge in [0.25, 0.3) is 11.7 Å². The summed E-state index contributed by atoms with van der Waals surface area (Å²) in [5.41, 5.74) is 1.09. The van der Waals surface area contributed by atoms with Gasteiger partial charge in [-0.3, -0.25) is 14.6 Å². The Balaban J connectivity index is 1.89. The number of ketones is 1. The summed E-state index contributed by atoms with van der Waals surface area (Å²) in [6.45, 7) is 0.0585. The van der Waals surface area contributed by atoms with Gasteiger partial charge in [0.2, 0.25) is 0 Å². The van der Waals surface area contributed by atoms with Gasteiger partial charge in [-0.2, -0.15) is 0 Å². The molecule has 0 saturated carbocycles. The maximum atomic E-state index is 14.7. The molecule has 1 fully saturated rings. The molecule has 2 heterocycles. The highest BCUT2D eigenvalue weighted by atomic mass is 19.1. The molecule has 0 bridgehead atoms. The first-order chi connectivity index (χ1) is 14.1. The molecule has 144 valence electrons. The van der Waals surface area contributed by atoms with Gasteiger partial charge in [0.1, 0.15) is 11.6 Å². The number of carbonyl (C=O) groups excluding carboxylic acids is 2. The van der Waals surface area contributed by atoms with E-state index < -0.39 is 23.5 Å². The molecule has 2 aromatic carbocycles. The third-order valence-electron chi connectivity index (χ3n) is 4.86. The fraction of sp³-hybridized carbons (Fsp3) is 0.0870. The molecule has 0 aliphatic carbocycles. The minimum absolute atomic E-state index is 0.0585. The smallest absolute Gasteiger partial charge is 0.295 e.